The zero-order chi connectivity index (χ0) is 19.2. The summed E-state index contributed by atoms with van der Waals surface area (Å²) >= 11 is 3.43. The predicted octanol–water partition coefficient (Wildman–Crippen LogP) is 2.79. The Morgan fingerprint density at radius 1 is 1.19 bits per heavy atom. The molecule has 1 aromatic carbocycles. The summed E-state index contributed by atoms with van der Waals surface area (Å²) in [6.07, 6.45) is 2.55. The van der Waals surface area contributed by atoms with Crippen molar-refractivity contribution in [3.8, 4) is 11.3 Å². The van der Waals surface area contributed by atoms with Crippen molar-refractivity contribution in [3.05, 3.63) is 59.8 Å². The number of halogens is 1. The number of rotatable bonds is 4. The van der Waals surface area contributed by atoms with Gasteiger partial charge in [0.1, 0.15) is 0 Å². The van der Waals surface area contributed by atoms with E-state index < -0.39 is 16.2 Å². The summed E-state index contributed by atoms with van der Waals surface area (Å²) in [5.41, 5.74) is 0.696. The van der Waals surface area contributed by atoms with Gasteiger partial charge >= 0.3 is 5.69 Å². The monoisotopic (exact) mass is 420 g/mol. The number of nitrogens with zero attached hydrogens (tertiary/aromatic N) is 4. The van der Waals surface area contributed by atoms with Gasteiger partial charge in [0, 0.05) is 49.0 Å². The smallest absolute Gasteiger partial charge is 0.330 e. The minimum absolute atomic E-state index is 0.0674. The maximum Gasteiger partial charge on any atom is 0.330 e. The average Bonchev–Trinajstić information content (AvgIpc) is 2.98. The Kier molecular flexibility index (Phi) is 4.57. The number of hydrogen-bond acceptors (Lipinski definition) is 4. The normalized spacial score (nSPS) is 11.2. The molecular weight excluding hydrogens is 404 g/mol. The molecule has 0 unspecified atom stereocenters. The Morgan fingerprint density at radius 3 is 2.50 bits per heavy atom. The second-order valence-electron chi connectivity index (χ2n) is 6.06. The zero-order valence-corrected chi connectivity index (χ0v) is 16.1. The number of aromatic nitrogens is 3. The van der Waals surface area contributed by atoms with Crippen LogP contribution >= 0.6 is 15.9 Å². The van der Waals surface area contributed by atoms with Crippen LogP contribution < -0.4 is 11.2 Å². The minimum Gasteiger partial charge on any atom is -0.345 e. The Hall–Kier alpha value is -2.68. The molecule has 0 saturated heterocycles. The Morgan fingerprint density at radius 2 is 1.88 bits per heavy atom. The third-order valence-electron chi connectivity index (χ3n) is 4.39. The molecule has 0 fully saturated rings. The molecule has 0 saturated carbocycles. The second-order valence-corrected chi connectivity index (χ2v) is 6.91. The number of nitro groups is 1. The fourth-order valence-electron chi connectivity index (χ4n) is 3.10. The van der Waals surface area contributed by atoms with E-state index in [-0.39, 0.29) is 5.69 Å². The summed E-state index contributed by atoms with van der Waals surface area (Å²) in [6, 6.07) is 4.43. The second kappa shape index (κ2) is 6.56. The van der Waals surface area contributed by atoms with Gasteiger partial charge in [-0.05, 0) is 12.5 Å². The third kappa shape index (κ3) is 2.68. The summed E-state index contributed by atoms with van der Waals surface area (Å²) in [6.45, 7) is 2.60. The van der Waals surface area contributed by atoms with E-state index in [0.717, 1.165) is 11.0 Å². The van der Waals surface area contributed by atoms with Crippen molar-refractivity contribution in [3.63, 3.8) is 0 Å². The van der Waals surface area contributed by atoms with Crippen molar-refractivity contribution >= 4 is 32.5 Å². The van der Waals surface area contributed by atoms with Crippen LogP contribution in [-0.2, 0) is 20.6 Å². The number of nitro benzene ring substituents is 1. The van der Waals surface area contributed by atoms with Crippen LogP contribution in [0.15, 0.2) is 38.5 Å². The topological polar surface area (TPSA) is 92.1 Å². The van der Waals surface area contributed by atoms with Gasteiger partial charge in [-0.2, -0.15) is 0 Å². The highest BCUT2D eigenvalue weighted by molar-refractivity contribution is 9.10. The third-order valence-corrected chi connectivity index (χ3v) is 5.08. The fourth-order valence-corrected chi connectivity index (χ4v) is 3.54. The average molecular weight is 421 g/mol. The number of non-ortho nitro benzene ring substituents is 1. The minimum atomic E-state index is -0.473. The first-order valence-electron chi connectivity index (χ1n) is 8.01. The summed E-state index contributed by atoms with van der Waals surface area (Å²) in [5, 5.41) is 11.6. The highest BCUT2D eigenvalue weighted by Gasteiger charge is 2.22. The number of benzene rings is 1. The van der Waals surface area contributed by atoms with E-state index in [1.165, 1.54) is 23.7 Å². The molecule has 8 nitrogen and oxygen atoms in total. The van der Waals surface area contributed by atoms with Crippen LogP contribution in [0.4, 0.5) is 5.69 Å². The van der Waals surface area contributed by atoms with E-state index in [1.807, 2.05) is 11.5 Å². The molecule has 0 N–H and O–H groups in total. The molecule has 2 heterocycles. The summed E-state index contributed by atoms with van der Waals surface area (Å²) in [4.78, 5) is 35.8. The molecule has 0 spiro atoms. The zero-order valence-electron chi connectivity index (χ0n) is 14.5. The number of aryl methyl sites for hydroxylation is 2. The van der Waals surface area contributed by atoms with E-state index in [0.29, 0.717) is 33.2 Å². The van der Waals surface area contributed by atoms with Crippen LogP contribution in [0, 0.1) is 10.1 Å². The van der Waals surface area contributed by atoms with Crippen LogP contribution in [0.5, 0.6) is 0 Å². The highest BCUT2D eigenvalue weighted by atomic mass is 79.9. The molecule has 9 heteroatoms. The molecule has 3 rings (SSSR count). The van der Waals surface area contributed by atoms with Crippen molar-refractivity contribution in [1.29, 1.82) is 0 Å². The molecular formula is C17H17BrN4O4. The van der Waals surface area contributed by atoms with E-state index in [9.17, 15) is 19.7 Å². The first-order chi connectivity index (χ1) is 12.3. The summed E-state index contributed by atoms with van der Waals surface area (Å²) in [7, 11) is 3.03. The fraction of sp³-hybridized carbons (Fsp3) is 0.294. The molecule has 0 amide bonds. The van der Waals surface area contributed by atoms with Crippen LogP contribution in [0.25, 0.3) is 22.2 Å². The van der Waals surface area contributed by atoms with Crippen LogP contribution in [0.3, 0.4) is 0 Å². The van der Waals surface area contributed by atoms with Gasteiger partial charge in [0.2, 0.25) is 0 Å². The van der Waals surface area contributed by atoms with Crippen molar-refractivity contribution in [2.45, 2.75) is 19.9 Å². The Labute approximate surface area is 156 Å². The van der Waals surface area contributed by atoms with Gasteiger partial charge in [0.15, 0.2) is 0 Å². The molecule has 3 aromatic rings. The van der Waals surface area contributed by atoms with Crippen molar-refractivity contribution in [2.75, 3.05) is 0 Å². The van der Waals surface area contributed by atoms with E-state index in [2.05, 4.69) is 15.9 Å². The number of hydrogen-bond donors (Lipinski definition) is 0. The molecule has 0 aliphatic rings. The highest BCUT2D eigenvalue weighted by Crippen LogP contribution is 2.36. The van der Waals surface area contributed by atoms with Gasteiger partial charge in [0.25, 0.3) is 11.2 Å². The largest absolute Gasteiger partial charge is 0.345 e. The maximum absolute atomic E-state index is 12.8. The maximum atomic E-state index is 12.8. The van der Waals surface area contributed by atoms with Crippen LogP contribution in [-0.4, -0.2) is 18.6 Å². The van der Waals surface area contributed by atoms with E-state index in [4.69, 9.17) is 0 Å². The van der Waals surface area contributed by atoms with Gasteiger partial charge in [-0.3, -0.25) is 24.0 Å². The van der Waals surface area contributed by atoms with Crippen LogP contribution in [0.2, 0.25) is 0 Å². The van der Waals surface area contributed by atoms with Gasteiger partial charge in [-0.1, -0.05) is 22.9 Å². The molecule has 0 aliphatic carbocycles. The van der Waals surface area contributed by atoms with Crippen molar-refractivity contribution < 1.29 is 4.92 Å². The lowest BCUT2D eigenvalue weighted by molar-refractivity contribution is -0.384. The molecule has 0 bridgehead atoms. The molecule has 0 radical (unpaired) electrons. The number of fused-ring (bicyclic) bond motifs is 1. The molecule has 26 heavy (non-hydrogen) atoms. The van der Waals surface area contributed by atoms with E-state index in [1.54, 1.807) is 19.3 Å². The van der Waals surface area contributed by atoms with Crippen molar-refractivity contribution in [1.82, 2.24) is 13.7 Å². The van der Waals surface area contributed by atoms with Gasteiger partial charge in [-0.25, -0.2) is 4.79 Å². The lowest BCUT2D eigenvalue weighted by Gasteiger charge is -2.10. The first kappa shape index (κ1) is 18.1. The lowest BCUT2D eigenvalue weighted by atomic mass is 10.1. The first-order valence-corrected chi connectivity index (χ1v) is 8.80. The Balaban J connectivity index is 2.52. The lowest BCUT2D eigenvalue weighted by Crippen LogP contribution is -2.36. The summed E-state index contributed by atoms with van der Waals surface area (Å²) in [5.74, 6) is 0. The molecule has 0 aliphatic heterocycles. The van der Waals surface area contributed by atoms with Crippen LogP contribution in [0.1, 0.15) is 13.3 Å². The van der Waals surface area contributed by atoms with Gasteiger partial charge in [-0.15, -0.1) is 0 Å². The Bertz CT molecular complexity index is 1160. The summed E-state index contributed by atoms with van der Waals surface area (Å²) < 4.78 is 4.97. The molecule has 0 atom stereocenters. The standard InChI is InChI=1S/C17H17BrN4O4/c1-4-7-21-9-13-14(16(23)20(3)17(24)19(13)2)15(21)11-8-10(22(25)26)5-6-12(11)18/h5-6,8-9H,4,7H2,1-3H3. The van der Waals surface area contributed by atoms with Gasteiger partial charge in [0.05, 0.1) is 21.5 Å². The molecule has 2 aromatic heterocycles. The molecule has 136 valence electrons. The SMILES string of the molecule is CCCn1cc2c(c1-c1cc([N+](=O)[O-])ccc1Br)c(=O)n(C)c(=O)n2C. The van der Waals surface area contributed by atoms with Gasteiger partial charge < -0.3 is 4.57 Å². The van der Waals surface area contributed by atoms with E-state index >= 15 is 0 Å². The predicted molar refractivity (Wildman–Crippen MR) is 103 cm³/mol. The quantitative estimate of drug-likeness (QED) is 0.479. The van der Waals surface area contributed by atoms with Crippen molar-refractivity contribution in [2.24, 2.45) is 14.1 Å².